The van der Waals surface area contributed by atoms with Crippen LogP contribution >= 0.6 is 11.8 Å². The summed E-state index contributed by atoms with van der Waals surface area (Å²) in [6.07, 6.45) is 1.70. The average molecular weight is 289 g/mol. The minimum Gasteiger partial charge on any atom is -0.310 e. The molecule has 0 saturated heterocycles. The second-order valence-corrected chi connectivity index (χ2v) is 5.87. The molecule has 1 aromatic heterocycles. The van der Waals surface area contributed by atoms with Crippen molar-refractivity contribution < 1.29 is 4.79 Å². The van der Waals surface area contributed by atoms with E-state index in [4.69, 9.17) is 0 Å². The molecular weight excluding hydrogens is 270 g/mol. The van der Waals surface area contributed by atoms with Gasteiger partial charge in [-0.15, -0.1) is 11.8 Å². The van der Waals surface area contributed by atoms with E-state index < -0.39 is 0 Å². The van der Waals surface area contributed by atoms with Crippen molar-refractivity contribution in [3.63, 3.8) is 0 Å². The number of rotatable bonds is 5. The van der Waals surface area contributed by atoms with Crippen molar-refractivity contribution in [2.75, 3.05) is 11.1 Å². The van der Waals surface area contributed by atoms with E-state index in [-0.39, 0.29) is 11.9 Å². The summed E-state index contributed by atoms with van der Waals surface area (Å²) in [4.78, 5) is 13.1. The molecule has 2 aromatic rings. The summed E-state index contributed by atoms with van der Waals surface area (Å²) < 4.78 is 1.80. The summed E-state index contributed by atoms with van der Waals surface area (Å²) in [6.45, 7) is 6.11. The highest BCUT2D eigenvalue weighted by Gasteiger charge is 2.10. The highest BCUT2D eigenvalue weighted by atomic mass is 32.2. The van der Waals surface area contributed by atoms with Gasteiger partial charge in [-0.05, 0) is 32.4 Å². The molecule has 2 rings (SSSR count). The zero-order valence-electron chi connectivity index (χ0n) is 12.0. The summed E-state index contributed by atoms with van der Waals surface area (Å²) in [7, 11) is 0. The third-order valence-corrected chi connectivity index (χ3v) is 4.05. The largest absolute Gasteiger partial charge is 0.310 e. The molecule has 0 aliphatic heterocycles. The zero-order valence-corrected chi connectivity index (χ0v) is 12.8. The van der Waals surface area contributed by atoms with Gasteiger partial charge in [-0.25, -0.2) is 4.68 Å². The van der Waals surface area contributed by atoms with Gasteiger partial charge in [0.1, 0.15) is 5.82 Å². The van der Waals surface area contributed by atoms with Crippen LogP contribution in [0.5, 0.6) is 0 Å². The van der Waals surface area contributed by atoms with Crippen molar-refractivity contribution in [3.8, 4) is 0 Å². The first-order chi connectivity index (χ1) is 9.58. The van der Waals surface area contributed by atoms with Crippen molar-refractivity contribution in [2.24, 2.45) is 0 Å². The van der Waals surface area contributed by atoms with Gasteiger partial charge in [0.2, 0.25) is 5.91 Å². The molecule has 5 heteroatoms. The summed E-state index contributed by atoms with van der Waals surface area (Å²) >= 11 is 1.55. The molecule has 1 heterocycles. The maximum atomic E-state index is 12.0. The number of hydrogen-bond acceptors (Lipinski definition) is 3. The lowest BCUT2D eigenvalue weighted by molar-refractivity contribution is -0.113. The van der Waals surface area contributed by atoms with E-state index in [1.54, 1.807) is 22.6 Å². The van der Waals surface area contributed by atoms with E-state index in [1.807, 2.05) is 51.1 Å². The maximum Gasteiger partial charge on any atom is 0.235 e. The molecule has 0 atom stereocenters. The van der Waals surface area contributed by atoms with Gasteiger partial charge in [-0.2, -0.15) is 5.10 Å². The zero-order chi connectivity index (χ0) is 14.5. The molecule has 0 saturated carbocycles. The first-order valence-electron chi connectivity index (χ1n) is 6.59. The summed E-state index contributed by atoms with van der Waals surface area (Å²) in [6, 6.07) is 10.1. The van der Waals surface area contributed by atoms with Gasteiger partial charge in [0, 0.05) is 17.0 Å². The molecule has 0 unspecified atom stereocenters. The van der Waals surface area contributed by atoms with Crippen molar-refractivity contribution in [3.05, 3.63) is 42.1 Å². The number of carbonyl (C=O) groups excluding carboxylic acids is 1. The fourth-order valence-corrected chi connectivity index (χ4v) is 2.69. The van der Waals surface area contributed by atoms with Crippen molar-refractivity contribution in [1.29, 1.82) is 0 Å². The molecule has 1 amide bonds. The van der Waals surface area contributed by atoms with Gasteiger partial charge in [0.15, 0.2) is 0 Å². The standard InChI is InChI=1S/C15H19N3OS/c1-11(2)18-14(8-9-16-18)17-15(19)10-20-13-7-5-4-6-12(13)3/h4-9,11H,10H2,1-3H3,(H,17,19). The van der Waals surface area contributed by atoms with Crippen LogP contribution in [0.15, 0.2) is 41.4 Å². The maximum absolute atomic E-state index is 12.0. The molecule has 0 radical (unpaired) electrons. The first kappa shape index (κ1) is 14.7. The Labute approximate surface area is 123 Å². The normalized spacial score (nSPS) is 10.8. The second-order valence-electron chi connectivity index (χ2n) is 4.86. The van der Waals surface area contributed by atoms with Crippen LogP contribution in [-0.2, 0) is 4.79 Å². The molecular formula is C15H19N3OS. The number of benzene rings is 1. The number of anilines is 1. The molecule has 0 bridgehead atoms. The van der Waals surface area contributed by atoms with Crippen LogP contribution in [-0.4, -0.2) is 21.4 Å². The minimum absolute atomic E-state index is 0.0133. The Morgan fingerprint density at radius 1 is 1.35 bits per heavy atom. The molecule has 4 nitrogen and oxygen atoms in total. The third kappa shape index (κ3) is 3.63. The van der Waals surface area contributed by atoms with Crippen molar-refractivity contribution >= 4 is 23.5 Å². The molecule has 106 valence electrons. The average Bonchev–Trinajstić information content (AvgIpc) is 2.86. The van der Waals surface area contributed by atoms with E-state index in [0.717, 1.165) is 10.7 Å². The Morgan fingerprint density at radius 3 is 2.80 bits per heavy atom. The number of aromatic nitrogens is 2. The van der Waals surface area contributed by atoms with Gasteiger partial charge in [0.05, 0.1) is 11.9 Å². The molecule has 1 N–H and O–H groups in total. The molecule has 0 aliphatic carbocycles. The quantitative estimate of drug-likeness (QED) is 0.857. The SMILES string of the molecule is Cc1ccccc1SCC(=O)Nc1ccnn1C(C)C. The highest BCUT2D eigenvalue weighted by molar-refractivity contribution is 8.00. The van der Waals surface area contributed by atoms with Gasteiger partial charge in [-0.3, -0.25) is 4.79 Å². The molecule has 0 aliphatic rings. The van der Waals surface area contributed by atoms with Crippen LogP contribution in [0.25, 0.3) is 0 Å². The van der Waals surface area contributed by atoms with E-state index in [0.29, 0.717) is 5.75 Å². The van der Waals surface area contributed by atoms with E-state index in [2.05, 4.69) is 10.4 Å². The van der Waals surface area contributed by atoms with E-state index in [1.165, 1.54) is 5.56 Å². The number of aryl methyl sites for hydroxylation is 1. The van der Waals surface area contributed by atoms with Crippen LogP contribution < -0.4 is 5.32 Å². The first-order valence-corrected chi connectivity index (χ1v) is 7.58. The number of nitrogens with one attached hydrogen (secondary N) is 1. The van der Waals surface area contributed by atoms with Crippen LogP contribution in [0.3, 0.4) is 0 Å². The van der Waals surface area contributed by atoms with Gasteiger partial charge in [0.25, 0.3) is 0 Å². The van der Waals surface area contributed by atoms with Crippen LogP contribution in [0.4, 0.5) is 5.82 Å². The van der Waals surface area contributed by atoms with Crippen molar-refractivity contribution in [1.82, 2.24) is 9.78 Å². The van der Waals surface area contributed by atoms with E-state index in [9.17, 15) is 4.79 Å². The predicted molar refractivity (Wildman–Crippen MR) is 83.1 cm³/mol. The van der Waals surface area contributed by atoms with Crippen molar-refractivity contribution in [2.45, 2.75) is 31.7 Å². The van der Waals surface area contributed by atoms with Gasteiger partial charge < -0.3 is 5.32 Å². The fraction of sp³-hybridized carbons (Fsp3) is 0.333. The van der Waals surface area contributed by atoms with Crippen LogP contribution in [0.2, 0.25) is 0 Å². The summed E-state index contributed by atoms with van der Waals surface area (Å²) in [5.41, 5.74) is 1.19. The minimum atomic E-state index is -0.0133. The summed E-state index contributed by atoms with van der Waals surface area (Å²) in [5, 5.41) is 7.10. The Hall–Kier alpha value is -1.75. The fourth-order valence-electron chi connectivity index (χ4n) is 1.87. The Morgan fingerprint density at radius 2 is 2.10 bits per heavy atom. The van der Waals surface area contributed by atoms with Crippen LogP contribution in [0.1, 0.15) is 25.5 Å². The summed E-state index contributed by atoms with van der Waals surface area (Å²) in [5.74, 6) is 1.13. The highest BCUT2D eigenvalue weighted by Crippen LogP contribution is 2.22. The third-order valence-electron chi connectivity index (χ3n) is 2.88. The number of thioether (sulfide) groups is 1. The van der Waals surface area contributed by atoms with Gasteiger partial charge in [-0.1, -0.05) is 18.2 Å². The number of hydrogen-bond donors (Lipinski definition) is 1. The molecule has 1 aromatic carbocycles. The lowest BCUT2D eigenvalue weighted by Gasteiger charge is -2.11. The number of nitrogens with zero attached hydrogens (tertiary/aromatic N) is 2. The van der Waals surface area contributed by atoms with Gasteiger partial charge >= 0.3 is 0 Å². The second kappa shape index (κ2) is 6.61. The van der Waals surface area contributed by atoms with E-state index >= 15 is 0 Å². The molecule has 0 spiro atoms. The monoisotopic (exact) mass is 289 g/mol. The lowest BCUT2D eigenvalue weighted by atomic mass is 10.2. The Balaban J connectivity index is 1.93. The smallest absolute Gasteiger partial charge is 0.235 e. The lowest BCUT2D eigenvalue weighted by Crippen LogP contribution is -2.18. The van der Waals surface area contributed by atoms with Crippen LogP contribution in [0, 0.1) is 6.92 Å². The molecule has 0 fully saturated rings. The Kier molecular flexibility index (Phi) is 4.84. The molecule has 20 heavy (non-hydrogen) atoms. The number of amides is 1. The predicted octanol–water partition coefficient (Wildman–Crippen LogP) is 3.50. The Bertz CT molecular complexity index is 592. The number of carbonyl (C=O) groups is 1. The topological polar surface area (TPSA) is 46.9 Å².